The Morgan fingerprint density at radius 1 is 1.62 bits per heavy atom. The molecule has 0 aliphatic carbocycles. The Balaban J connectivity index is 3.05. The highest BCUT2D eigenvalue weighted by Crippen LogP contribution is 2.16. The molecule has 0 heterocycles. The van der Waals surface area contributed by atoms with Crippen LogP contribution in [0.4, 0.5) is 0 Å². The number of carboxylic acid groups (broad SMARTS) is 1. The van der Waals surface area contributed by atoms with E-state index in [0.717, 1.165) is 5.56 Å². The monoisotopic (exact) mass is 217 g/mol. The molecule has 0 aliphatic heterocycles. The molecule has 0 unspecified atom stereocenters. The van der Waals surface area contributed by atoms with Crippen molar-refractivity contribution in [2.45, 2.75) is 6.92 Å². The highest BCUT2D eigenvalue weighted by atomic mass is 16.4. The van der Waals surface area contributed by atoms with Crippen LogP contribution in [0.5, 0.6) is 0 Å². The summed E-state index contributed by atoms with van der Waals surface area (Å²) in [6.07, 6.45) is 3.29. The molecule has 0 saturated carbocycles. The zero-order chi connectivity index (χ0) is 12.0. The zero-order valence-corrected chi connectivity index (χ0v) is 8.79. The van der Waals surface area contributed by atoms with E-state index < -0.39 is 5.97 Å². The summed E-state index contributed by atoms with van der Waals surface area (Å²) in [7, 11) is 0. The Bertz CT molecular complexity index is 474. The lowest BCUT2D eigenvalue weighted by atomic mass is 10.0. The van der Waals surface area contributed by atoms with E-state index in [1.54, 1.807) is 24.3 Å². The summed E-state index contributed by atoms with van der Waals surface area (Å²) in [4.78, 5) is 13.6. The molecule has 16 heavy (non-hydrogen) atoms. The SMILES string of the molecule is Cc1cccc(C(=O)O)c1C=CCN=[N+]=[N-]. The highest BCUT2D eigenvalue weighted by Gasteiger charge is 2.08. The average Bonchev–Trinajstić information content (AvgIpc) is 2.25. The van der Waals surface area contributed by atoms with Gasteiger partial charge in [0.05, 0.1) is 5.56 Å². The summed E-state index contributed by atoms with van der Waals surface area (Å²) in [5.41, 5.74) is 9.85. The molecule has 0 bridgehead atoms. The van der Waals surface area contributed by atoms with Crippen molar-refractivity contribution in [2.75, 3.05) is 6.54 Å². The van der Waals surface area contributed by atoms with Gasteiger partial charge in [-0.15, -0.1) is 0 Å². The summed E-state index contributed by atoms with van der Waals surface area (Å²) in [5, 5.41) is 12.3. The van der Waals surface area contributed by atoms with E-state index in [4.69, 9.17) is 10.6 Å². The maximum absolute atomic E-state index is 10.9. The third-order valence-corrected chi connectivity index (χ3v) is 2.09. The van der Waals surface area contributed by atoms with Crippen LogP contribution in [0.1, 0.15) is 21.5 Å². The van der Waals surface area contributed by atoms with Gasteiger partial charge in [-0.1, -0.05) is 29.4 Å². The Kier molecular flexibility index (Phi) is 4.12. The Morgan fingerprint density at radius 2 is 2.38 bits per heavy atom. The van der Waals surface area contributed by atoms with Gasteiger partial charge >= 0.3 is 5.97 Å². The van der Waals surface area contributed by atoms with Crippen LogP contribution in [0.3, 0.4) is 0 Å². The number of aryl methyl sites for hydroxylation is 1. The van der Waals surface area contributed by atoms with Gasteiger partial charge in [0.15, 0.2) is 0 Å². The summed E-state index contributed by atoms with van der Waals surface area (Å²) in [6.45, 7) is 2.05. The van der Waals surface area contributed by atoms with Crippen LogP contribution < -0.4 is 0 Å². The molecular weight excluding hydrogens is 206 g/mol. The molecule has 0 radical (unpaired) electrons. The van der Waals surface area contributed by atoms with E-state index >= 15 is 0 Å². The maximum atomic E-state index is 10.9. The van der Waals surface area contributed by atoms with Crippen molar-refractivity contribution in [3.05, 3.63) is 51.4 Å². The van der Waals surface area contributed by atoms with E-state index in [0.29, 0.717) is 5.56 Å². The number of azide groups is 1. The number of hydrogen-bond acceptors (Lipinski definition) is 2. The fourth-order valence-corrected chi connectivity index (χ4v) is 1.34. The van der Waals surface area contributed by atoms with Crippen molar-refractivity contribution in [2.24, 2.45) is 5.11 Å². The van der Waals surface area contributed by atoms with Gasteiger partial charge in [0.1, 0.15) is 0 Å². The van der Waals surface area contributed by atoms with Crippen LogP contribution in [-0.2, 0) is 0 Å². The molecule has 0 spiro atoms. The number of nitrogens with zero attached hydrogens (tertiary/aromatic N) is 3. The van der Waals surface area contributed by atoms with Crippen molar-refractivity contribution in [1.82, 2.24) is 0 Å². The van der Waals surface area contributed by atoms with Crippen LogP contribution >= 0.6 is 0 Å². The number of carbonyl (C=O) groups is 1. The van der Waals surface area contributed by atoms with Gasteiger partial charge in [0, 0.05) is 11.5 Å². The molecule has 1 rings (SSSR count). The standard InChI is InChI=1S/C11H11N3O2/c1-8-4-2-5-10(11(15)16)9(8)6-3-7-13-14-12/h2-6H,7H2,1H3,(H,15,16). The first-order valence-electron chi connectivity index (χ1n) is 4.67. The van der Waals surface area contributed by atoms with E-state index in [1.807, 2.05) is 13.0 Å². The summed E-state index contributed by atoms with van der Waals surface area (Å²) < 4.78 is 0. The second kappa shape index (κ2) is 5.58. The molecule has 0 amide bonds. The van der Waals surface area contributed by atoms with E-state index in [1.165, 1.54) is 0 Å². The first-order valence-corrected chi connectivity index (χ1v) is 4.67. The molecule has 1 N–H and O–H groups in total. The summed E-state index contributed by atoms with van der Waals surface area (Å²) >= 11 is 0. The zero-order valence-electron chi connectivity index (χ0n) is 8.79. The molecule has 0 aliphatic rings. The fourth-order valence-electron chi connectivity index (χ4n) is 1.34. The number of carboxylic acids is 1. The minimum atomic E-state index is -0.966. The van der Waals surface area contributed by atoms with E-state index in [2.05, 4.69) is 10.0 Å². The summed E-state index contributed by atoms with van der Waals surface area (Å²) in [5.74, 6) is -0.966. The Hall–Kier alpha value is -2.26. The number of aromatic carboxylic acids is 1. The molecule has 5 nitrogen and oxygen atoms in total. The molecule has 1 aromatic rings. The molecule has 0 saturated heterocycles. The molecule has 5 heteroatoms. The molecule has 82 valence electrons. The number of hydrogen-bond donors (Lipinski definition) is 1. The fraction of sp³-hybridized carbons (Fsp3) is 0.182. The number of rotatable bonds is 4. The molecule has 0 fully saturated rings. The third kappa shape index (κ3) is 2.87. The van der Waals surface area contributed by atoms with Crippen LogP contribution in [-0.4, -0.2) is 17.6 Å². The molecule has 0 atom stereocenters. The topological polar surface area (TPSA) is 86.1 Å². The van der Waals surface area contributed by atoms with E-state index in [9.17, 15) is 4.79 Å². The van der Waals surface area contributed by atoms with Gasteiger partial charge in [-0.25, -0.2) is 4.79 Å². The Morgan fingerprint density at radius 3 is 3.00 bits per heavy atom. The van der Waals surface area contributed by atoms with Gasteiger partial charge in [0.2, 0.25) is 0 Å². The van der Waals surface area contributed by atoms with E-state index in [-0.39, 0.29) is 12.1 Å². The molecule has 0 aromatic heterocycles. The quantitative estimate of drug-likeness (QED) is 0.477. The first kappa shape index (κ1) is 11.8. The van der Waals surface area contributed by atoms with Crippen LogP contribution in [0.25, 0.3) is 16.5 Å². The lowest BCUT2D eigenvalue weighted by molar-refractivity contribution is 0.0696. The number of benzene rings is 1. The van der Waals surface area contributed by atoms with Crippen molar-refractivity contribution in [1.29, 1.82) is 0 Å². The van der Waals surface area contributed by atoms with Gasteiger partial charge in [-0.05, 0) is 29.6 Å². The second-order valence-electron chi connectivity index (χ2n) is 3.16. The predicted molar refractivity (Wildman–Crippen MR) is 61.2 cm³/mol. The maximum Gasteiger partial charge on any atom is 0.336 e. The van der Waals surface area contributed by atoms with Crippen LogP contribution in [0.15, 0.2) is 29.4 Å². The minimum Gasteiger partial charge on any atom is -0.478 e. The van der Waals surface area contributed by atoms with Crippen molar-refractivity contribution >= 4 is 12.0 Å². The lowest BCUT2D eigenvalue weighted by Gasteiger charge is -2.04. The van der Waals surface area contributed by atoms with Crippen LogP contribution in [0.2, 0.25) is 0 Å². The lowest BCUT2D eigenvalue weighted by Crippen LogP contribution is -2.00. The van der Waals surface area contributed by atoms with Gasteiger partial charge in [-0.2, -0.15) is 0 Å². The van der Waals surface area contributed by atoms with Crippen molar-refractivity contribution in [3.63, 3.8) is 0 Å². The third-order valence-electron chi connectivity index (χ3n) is 2.09. The smallest absolute Gasteiger partial charge is 0.336 e. The van der Waals surface area contributed by atoms with Gasteiger partial charge in [-0.3, -0.25) is 0 Å². The van der Waals surface area contributed by atoms with Gasteiger partial charge < -0.3 is 5.11 Å². The predicted octanol–water partition coefficient (Wildman–Crippen LogP) is 3.02. The largest absolute Gasteiger partial charge is 0.478 e. The highest BCUT2D eigenvalue weighted by molar-refractivity contribution is 5.92. The minimum absolute atomic E-state index is 0.212. The normalized spacial score (nSPS) is 10.1. The second-order valence-corrected chi connectivity index (χ2v) is 3.16. The average molecular weight is 217 g/mol. The van der Waals surface area contributed by atoms with Crippen molar-refractivity contribution < 1.29 is 9.90 Å². The first-order chi connectivity index (χ1) is 7.66. The molecule has 1 aromatic carbocycles. The van der Waals surface area contributed by atoms with Crippen molar-refractivity contribution in [3.8, 4) is 0 Å². The summed E-state index contributed by atoms with van der Waals surface area (Å²) in [6, 6.07) is 5.08. The molecular formula is C11H11N3O2. The Labute approximate surface area is 92.7 Å². The van der Waals surface area contributed by atoms with Gasteiger partial charge in [0.25, 0.3) is 0 Å². The van der Waals surface area contributed by atoms with Crippen LogP contribution in [0, 0.1) is 6.92 Å².